The van der Waals surface area contributed by atoms with Gasteiger partial charge >= 0.3 is 5.97 Å². The Morgan fingerprint density at radius 2 is 1.52 bits per heavy atom. The molecule has 4 nitrogen and oxygen atoms in total. The van der Waals surface area contributed by atoms with Gasteiger partial charge in [-0.1, -0.05) is 55.5 Å². The van der Waals surface area contributed by atoms with E-state index in [2.05, 4.69) is 5.32 Å². The standard InChI is InChI=1S/C19H21NO3/c1-14(15-10-6-4-7-11-15)19(2,18(22)23-3)20-17(21)16-12-8-5-9-13-16/h4-14H,1-3H3,(H,20,21)/t14?,19-/m0/s1. The first-order valence-electron chi connectivity index (χ1n) is 7.50. The molecule has 0 spiro atoms. The Balaban J connectivity index is 2.32. The van der Waals surface area contributed by atoms with Crippen molar-refractivity contribution in [3.63, 3.8) is 0 Å². The predicted molar refractivity (Wildman–Crippen MR) is 89.2 cm³/mol. The number of carbonyl (C=O) groups is 2. The third-order valence-electron chi connectivity index (χ3n) is 4.18. The SMILES string of the molecule is COC(=O)[C@@](C)(NC(=O)c1ccccc1)C(C)c1ccccc1. The molecule has 2 atom stereocenters. The second-order valence-electron chi connectivity index (χ2n) is 5.65. The van der Waals surface area contributed by atoms with Gasteiger partial charge in [0.2, 0.25) is 0 Å². The van der Waals surface area contributed by atoms with Crippen LogP contribution in [0.15, 0.2) is 60.7 Å². The average Bonchev–Trinajstić information content (AvgIpc) is 2.61. The monoisotopic (exact) mass is 311 g/mol. The first-order valence-corrected chi connectivity index (χ1v) is 7.50. The molecular weight excluding hydrogens is 290 g/mol. The molecule has 0 saturated heterocycles. The van der Waals surface area contributed by atoms with Crippen LogP contribution in [0.4, 0.5) is 0 Å². The summed E-state index contributed by atoms with van der Waals surface area (Å²) in [7, 11) is 1.33. The van der Waals surface area contributed by atoms with E-state index < -0.39 is 11.5 Å². The van der Waals surface area contributed by atoms with Crippen LogP contribution in [-0.4, -0.2) is 24.5 Å². The van der Waals surface area contributed by atoms with Gasteiger partial charge in [-0.25, -0.2) is 4.79 Å². The average molecular weight is 311 g/mol. The molecule has 2 rings (SSSR count). The summed E-state index contributed by atoms with van der Waals surface area (Å²) in [5.41, 5.74) is 0.292. The molecule has 0 radical (unpaired) electrons. The second kappa shape index (κ2) is 7.09. The van der Waals surface area contributed by atoms with E-state index in [4.69, 9.17) is 4.74 Å². The third-order valence-corrected chi connectivity index (χ3v) is 4.18. The molecule has 4 heteroatoms. The first kappa shape index (κ1) is 16.7. The van der Waals surface area contributed by atoms with Gasteiger partial charge in [-0.3, -0.25) is 4.79 Å². The number of hydrogen-bond acceptors (Lipinski definition) is 3. The number of hydrogen-bond donors (Lipinski definition) is 1. The van der Waals surface area contributed by atoms with Gasteiger partial charge in [0.15, 0.2) is 0 Å². The number of nitrogens with one attached hydrogen (secondary N) is 1. The highest BCUT2D eigenvalue weighted by atomic mass is 16.5. The molecule has 0 bridgehead atoms. The molecule has 1 N–H and O–H groups in total. The molecule has 2 aromatic carbocycles. The minimum atomic E-state index is -1.16. The largest absolute Gasteiger partial charge is 0.467 e. The van der Waals surface area contributed by atoms with Crippen molar-refractivity contribution in [1.29, 1.82) is 0 Å². The summed E-state index contributed by atoms with van der Waals surface area (Å²) in [5, 5.41) is 2.85. The van der Waals surface area contributed by atoms with Gasteiger partial charge in [-0.2, -0.15) is 0 Å². The zero-order chi connectivity index (χ0) is 16.9. The fourth-order valence-corrected chi connectivity index (χ4v) is 2.52. The van der Waals surface area contributed by atoms with Gasteiger partial charge in [-0.15, -0.1) is 0 Å². The topological polar surface area (TPSA) is 55.4 Å². The fraction of sp³-hybridized carbons (Fsp3) is 0.263. The minimum Gasteiger partial charge on any atom is -0.467 e. The molecule has 0 fully saturated rings. The lowest BCUT2D eigenvalue weighted by molar-refractivity contribution is -0.148. The highest BCUT2D eigenvalue weighted by Crippen LogP contribution is 2.29. The number of ether oxygens (including phenoxy) is 1. The smallest absolute Gasteiger partial charge is 0.331 e. The zero-order valence-electron chi connectivity index (χ0n) is 13.6. The highest BCUT2D eigenvalue weighted by Gasteiger charge is 2.42. The van der Waals surface area contributed by atoms with E-state index in [0.717, 1.165) is 5.56 Å². The van der Waals surface area contributed by atoms with Crippen LogP contribution in [0.5, 0.6) is 0 Å². The molecule has 1 unspecified atom stereocenters. The quantitative estimate of drug-likeness (QED) is 0.863. The molecule has 1 amide bonds. The van der Waals surface area contributed by atoms with Gasteiger partial charge in [0, 0.05) is 11.5 Å². The Kier molecular flexibility index (Phi) is 5.16. The van der Waals surface area contributed by atoms with Gasteiger partial charge in [0.05, 0.1) is 7.11 Å². The Morgan fingerprint density at radius 1 is 1.00 bits per heavy atom. The molecule has 2 aromatic rings. The Morgan fingerprint density at radius 3 is 2.04 bits per heavy atom. The zero-order valence-corrected chi connectivity index (χ0v) is 13.6. The normalized spacial score (nSPS) is 14.4. The lowest BCUT2D eigenvalue weighted by Gasteiger charge is -2.34. The summed E-state index contributed by atoms with van der Waals surface area (Å²) in [4.78, 5) is 24.9. The molecule has 0 aliphatic carbocycles. The van der Waals surface area contributed by atoms with Crippen molar-refractivity contribution in [2.24, 2.45) is 0 Å². The molecule has 0 aromatic heterocycles. The lowest BCUT2D eigenvalue weighted by Crippen LogP contribution is -2.56. The van der Waals surface area contributed by atoms with Gasteiger partial charge in [-0.05, 0) is 24.6 Å². The summed E-state index contributed by atoms with van der Waals surface area (Å²) in [6, 6.07) is 18.4. The molecule has 0 aliphatic heterocycles. The number of amides is 1. The van der Waals surface area contributed by atoms with E-state index >= 15 is 0 Å². The molecule has 0 aliphatic rings. The van der Waals surface area contributed by atoms with E-state index in [0.29, 0.717) is 5.56 Å². The Bertz CT molecular complexity index is 670. The summed E-state index contributed by atoms with van der Waals surface area (Å²) >= 11 is 0. The van der Waals surface area contributed by atoms with Crippen molar-refractivity contribution >= 4 is 11.9 Å². The van der Waals surface area contributed by atoms with E-state index in [9.17, 15) is 9.59 Å². The van der Waals surface area contributed by atoms with Crippen LogP contribution in [0.25, 0.3) is 0 Å². The van der Waals surface area contributed by atoms with Crippen LogP contribution in [0.2, 0.25) is 0 Å². The maximum atomic E-state index is 12.5. The minimum absolute atomic E-state index is 0.246. The fourth-order valence-electron chi connectivity index (χ4n) is 2.52. The highest BCUT2D eigenvalue weighted by molar-refractivity contribution is 5.98. The summed E-state index contributed by atoms with van der Waals surface area (Å²) in [6.07, 6.45) is 0. The van der Waals surface area contributed by atoms with Crippen LogP contribution in [-0.2, 0) is 9.53 Å². The molecular formula is C19H21NO3. The summed E-state index contributed by atoms with van der Waals surface area (Å²) in [5.74, 6) is -1.02. The number of methoxy groups -OCH3 is 1. The number of carbonyl (C=O) groups excluding carboxylic acids is 2. The Hall–Kier alpha value is -2.62. The first-order chi connectivity index (χ1) is 11.0. The molecule has 0 heterocycles. The van der Waals surface area contributed by atoms with E-state index in [1.165, 1.54) is 7.11 Å². The van der Waals surface area contributed by atoms with Gasteiger partial charge in [0.25, 0.3) is 5.91 Å². The van der Waals surface area contributed by atoms with Crippen LogP contribution in [0.3, 0.4) is 0 Å². The predicted octanol–water partition coefficient (Wildman–Crippen LogP) is 3.15. The van der Waals surface area contributed by atoms with Gasteiger partial charge in [0.1, 0.15) is 5.54 Å². The lowest BCUT2D eigenvalue weighted by atomic mass is 9.81. The number of benzene rings is 2. The molecule has 120 valence electrons. The molecule has 0 saturated carbocycles. The van der Waals surface area contributed by atoms with Crippen molar-refractivity contribution in [2.45, 2.75) is 25.3 Å². The Labute approximate surface area is 136 Å². The van der Waals surface area contributed by atoms with Crippen LogP contribution >= 0.6 is 0 Å². The maximum absolute atomic E-state index is 12.5. The maximum Gasteiger partial charge on any atom is 0.331 e. The van der Waals surface area contributed by atoms with Crippen LogP contribution in [0.1, 0.15) is 35.7 Å². The van der Waals surface area contributed by atoms with E-state index in [-0.39, 0.29) is 11.8 Å². The summed E-state index contributed by atoms with van der Waals surface area (Å²) < 4.78 is 4.94. The van der Waals surface area contributed by atoms with Gasteiger partial charge < -0.3 is 10.1 Å². The molecule has 23 heavy (non-hydrogen) atoms. The van der Waals surface area contributed by atoms with Crippen molar-refractivity contribution in [3.05, 3.63) is 71.8 Å². The number of esters is 1. The van der Waals surface area contributed by atoms with Crippen molar-refractivity contribution < 1.29 is 14.3 Å². The van der Waals surface area contributed by atoms with Crippen molar-refractivity contribution in [2.75, 3.05) is 7.11 Å². The van der Waals surface area contributed by atoms with Crippen molar-refractivity contribution in [3.8, 4) is 0 Å². The number of rotatable bonds is 5. The van der Waals surface area contributed by atoms with Crippen molar-refractivity contribution in [1.82, 2.24) is 5.32 Å². The van der Waals surface area contributed by atoms with Crippen LogP contribution in [0, 0.1) is 0 Å². The summed E-state index contributed by atoms with van der Waals surface area (Å²) in [6.45, 7) is 3.59. The third kappa shape index (κ3) is 3.59. The second-order valence-corrected chi connectivity index (χ2v) is 5.65. The van der Waals surface area contributed by atoms with Crippen LogP contribution < -0.4 is 5.32 Å². The van der Waals surface area contributed by atoms with E-state index in [1.54, 1.807) is 31.2 Å². The van der Waals surface area contributed by atoms with E-state index in [1.807, 2.05) is 43.3 Å².